The monoisotopic (exact) mass is 527 g/mol. The molecule has 0 aliphatic heterocycles. The molecule has 0 heterocycles. The smallest absolute Gasteiger partial charge is 0.264 e. The van der Waals surface area contributed by atoms with Crippen LogP contribution in [0.4, 0.5) is 10.1 Å². The molecule has 0 radical (unpaired) electrons. The molecule has 0 saturated heterocycles. The van der Waals surface area contributed by atoms with E-state index in [0.29, 0.717) is 17.0 Å². The molecule has 1 N–H and O–H groups in total. The number of aryl methyl sites for hydroxylation is 1. The molecule has 3 aromatic rings. The second kappa shape index (κ2) is 11.9. The highest BCUT2D eigenvalue weighted by molar-refractivity contribution is 7.92. The molecule has 0 fully saturated rings. The highest BCUT2D eigenvalue weighted by Gasteiger charge is 2.32. The van der Waals surface area contributed by atoms with Gasteiger partial charge in [-0.15, -0.1) is 0 Å². The van der Waals surface area contributed by atoms with E-state index in [1.165, 1.54) is 67.6 Å². The van der Waals surface area contributed by atoms with E-state index in [1.54, 1.807) is 31.2 Å². The van der Waals surface area contributed by atoms with Crippen LogP contribution in [-0.2, 0) is 26.2 Å². The third-order valence-electron chi connectivity index (χ3n) is 5.93. The number of anilines is 1. The summed E-state index contributed by atoms with van der Waals surface area (Å²) in [6.07, 6.45) is 0. The number of sulfonamides is 1. The van der Waals surface area contributed by atoms with Crippen LogP contribution in [0.5, 0.6) is 5.75 Å². The van der Waals surface area contributed by atoms with Crippen molar-refractivity contribution in [3.8, 4) is 5.75 Å². The van der Waals surface area contributed by atoms with Crippen LogP contribution < -0.4 is 14.4 Å². The number of rotatable bonds is 10. The fourth-order valence-corrected chi connectivity index (χ4v) is 5.11. The summed E-state index contributed by atoms with van der Waals surface area (Å²) in [5, 5.41) is 2.52. The van der Waals surface area contributed by atoms with Crippen LogP contribution in [0.25, 0.3) is 0 Å². The number of methoxy groups -OCH3 is 1. The number of amides is 2. The topological polar surface area (TPSA) is 96.0 Å². The Morgan fingerprint density at radius 1 is 0.973 bits per heavy atom. The molecule has 37 heavy (non-hydrogen) atoms. The van der Waals surface area contributed by atoms with Crippen molar-refractivity contribution >= 4 is 27.5 Å². The number of nitrogens with one attached hydrogen (secondary N) is 1. The van der Waals surface area contributed by atoms with Crippen LogP contribution in [0.15, 0.2) is 77.7 Å². The molecule has 10 heteroatoms. The van der Waals surface area contributed by atoms with Crippen molar-refractivity contribution < 1.29 is 27.1 Å². The minimum Gasteiger partial charge on any atom is -0.497 e. The maximum absolute atomic E-state index is 13.7. The molecule has 0 saturated carbocycles. The van der Waals surface area contributed by atoms with Crippen molar-refractivity contribution in [1.82, 2.24) is 10.2 Å². The fraction of sp³-hybridized carbons (Fsp3) is 0.259. The Morgan fingerprint density at radius 3 is 2.11 bits per heavy atom. The van der Waals surface area contributed by atoms with Crippen molar-refractivity contribution in [1.29, 1.82) is 0 Å². The molecule has 0 unspecified atom stereocenters. The average molecular weight is 528 g/mol. The van der Waals surface area contributed by atoms with E-state index in [2.05, 4.69) is 5.32 Å². The minimum atomic E-state index is -4.17. The normalized spacial score (nSPS) is 11.9. The molecule has 8 nitrogen and oxygen atoms in total. The third-order valence-corrected chi connectivity index (χ3v) is 7.72. The zero-order chi connectivity index (χ0) is 27.2. The van der Waals surface area contributed by atoms with Crippen molar-refractivity contribution in [2.45, 2.75) is 31.3 Å². The molecule has 3 rings (SSSR count). The standard InChI is InChI=1S/C27H30FN3O5S/c1-19-5-11-23(12-6-19)31(37(34,35)25-15-13-24(36-4)14-16-25)18-26(32)30(20(2)27(33)29-3)17-21-7-9-22(28)10-8-21/h5-16,20H,17-18H2,1-4H3,(H,29,33)/t20-/m0/s1. The van der Waals surface area contributed by atoms with E-state index in [-0.39, 0.29) is 11.4 Å². The highest BCUT2D eigenvalue weighted by Crippen LogP contribution is 2.26. The summed E-state index contributed by atoms with van der Waals surface area (Å²) in [7, 11) is -1.24. The summed E-state index contributed by atoms with van der Waals surface area (Å²) in [5.41, 5.74) is 1.80. The Morgan fingerprint density at radius 2 is 1.57 bits per heavy atom. The van der Waals surface area contributed by atoms with Crippen LogP contribution in [-0.4, -0.2) is 51.9 Å². The van der Waals surface area contributed by atoms with Gasteiger partial charge >= 0.3 is 0 Å². The number of hydrogen-bond acceptors (Lipinski definition) is 5. The summed E-state index contributed by atoms with van der Waals surface area (Å²) >= 11 is 0. The van der Waals surface area contributed by atoms with Gasteiger partial charge in [0.2, 0.25) is 11.8 Å². The second-order valence-electron chi connectivity index (χ2n) is 8.46. The van der Waals surface area contributed by atoms with Gasteiger partial charge in [-0.3, -0.25) is 13.9 Å². The average Bonchev–Trinajstić information content (AvgIpc) is 2.91. The molecule has 0 aliphatic carbocycles. The van der Waals surface area contributed by atoms with E-state index < -0.39 is 40.2 Å². The number of nitrogens with zero attached hydrogens (tertiary/aromatic N) is 2. The zero-order valence-corrected chi connectivity index (χ0v) is 22.0. The first-order valence-electron chi connectivity index (χ1n) is 11.6. The molecule has 0 bridgehead atoms. The van der Waals surface area contributed by atoms with E-state index in [0.717, 1.165) is 9.87 Å². The van der Waals surface area contributed by atoms with Gasteiger partial charge in [0.1, 0.15) is 24.2 Å². The molecule has 0 aromatic heterocycles. The van der Waals surface area contributed by atoms with E-state index in [1.807, 2.05) is 6.92 Å². The van der Waals surface area contributed by atoms with Gasteiger partial charge in [-0.25, -0.2) is 12.8 Å². The lowest BCUT2D eigenvalue weighted by Gasteiger charge is -2.31. The van der Waals surface area contributed by atoms with E-state index >= 15 is 0 Å². The third kappa shape index (κ3) is 6.65. The van der Waals surface area contributed by atoms with E-state index in [9.17, 15) is 22.4 Å². The van der Waals surface area contributed by atoms with Crippen LogP contribution in [0, 0.1) is 12.7 Å². The molecule has 0 aliphatic rings. The molecular weight excluding hydrogens is 497 g/mol. The van der Waals surface area contributed by atoms with Gasteiger partial charge in [0, 0.05) is 13.6 Å². The summed E-state index contributed by atoms with van der Waals surface area (Å²) < 4.78 is 47.0. The van der Waals surface area contributed by atoms with Crippen molar-refractivity contribution in [2.24, 2.45) is 0 Å². The Hall–Kier alpha value is -3.92. The number of carbonyl (C=O) groups excluding carboxylic acids is 2. The molecule has 196 valence electrons. The number of ether oxygens (including phenoxy) is 1. The first kappa shape index (κ1) is 27.7. The summed E-state index contributed by atoms with van der Waals surface area (Å²) in [6, 6.07) is 17.2. The number of halogens is 1. The molecule has 2 amide bonds. The molecular formula is C27H30FN3O5S. The Labute approximate surface area is 216 Å². The lowest BCUT2D eigenvalue weighted by atomic mass is 10.1. The summed E-state index contributed by atoms with van der Waals surface area (Å²) in [6.45, 7) is 2.85. The van der Waals surface area contributed by atoms with Crippen molar-refractivity contribution in [3.05, 3.63) is 89.7 Å². The van der Waals surface area contributed by atoms with Crippen molar-refractivity contribution in [2.75, 3.05) is 25.0 Å². The van der Waals surface area contributed by atoms with Crippen LogP contribution in [0.3, 0.4) is 0 Å². The maximum atomic E-state index is 13.7. The number of likely N-dealkylation sites (N-methyl/N-ethyl adjacent to an activating group) is 1. The summed E-state index contributed by atoms with van der Waals surface area (Å²) in [5.74, 6) is -0.965. The van der Waals surface area contributed by atoms with Gasteiger partial charge < -0.3 is 15.0 Å². The van der Waals surface area contributed by atoms with Crippen LogP contribution in [0.1, 0.15) is 18.1 Å². The number of carbonyl (C=O) groups is 2. The van der Waals surface area contributed by atoms with Gasteiger partial charge in [-0.05, 0) is 67.9 Å². The van der Waals surface area contributed by atoms with Crippen LogP contribution >= 0.6 is 0 Å². The molecule has 0 spiro atoms. The lowest BCUT2D eigenvalue weighted by Crippen LogP contribution is -2.50. The Balaban J connectivity index is 2.01. The SMILES string of the molecule is CNC(=O)[C@H](C)N(Cc1ccc(F)cc1)C(=O)CN(c1ccc(C)cc1)S(=O)(=O)c1ccc(OC)cc1. The maximum Gasteiger partial charge on any atom is 0.264 e. The molecule has 3 aromatic carbocycles. The first-order valence-corrected chi connectivity index (χ1v) is 13.0. The Kier molecular flexibility index (Phi) is 8.88. The first-order chi connectivity index (χ1) is 17.6. The largest absolute Gasteiger partial charge is 0.497 e. The van der Waals surface area contributed by atoms with Gasteiger partial charge in [0.15, 0.2) is 0 Å². The second-order valence-corrected chi connectivity index (χ2v) is 10.3. The molecule has 1 atom stereocenters. The Bertz CT molecular complexity index is 1330. The lowest BCUT2D eigenvalue weighted by molar-refractivity contribution is -0.139. The van der Waals surface area contributed by atoms with Gasteiger partial charge in [0.25, 0.3) is 10.0 Å². The zero-order valence-electron chi connectivity index (χ0n) is 21.1. The quantitative estimate of drug-likeness (QED) is 0.436. The highest BCUT2D eigenvalue weighted by atomic mass is 32.2. The number of hydrogen-bond donors (Lipinski definition) is 1. The van der Waals surface area contributed by atoms with Gasteiger partial charge in [-0.2, -0.15) is 0 Å². The number of benzene rings is 3. The predicted octanol–water partition coefficient (Wildman–Crippen LogP) is 3.50. The minimum absolute atomic E-state index is 0.0159. The fourth-order valence-electron chi connectivity index (χ4n) is 3.69. The van der Waals surface area contributed by atoms with Crippen LogP contribution in [0.2, 0.25) is 0 Å². The van der Waals surface area contributed by atoms with Gasteiger partial charge in [0.05, 0.1) is 17.7 Å². The van der Waals surface area contributed by atoms with E-state index in [4.69, 9.17) is 4.74 Å². The van der Waals surface area contributed by atoms with Crippen molar-refractivity contribution in [3.63, 3.8) is 0 Å². The van der Waals surface area contributed by atoms with Gasteiger partial charge in [-0.1, -0.05) is 29.8 Å². The predicted molar refractivity (Wildman–Crippen MR) is 139 cm³/mol. The summed E-state index contributed by atoms with van der Waals surface area (Å²) in [4.78, 5) is 27.4.